The van der Waals surface area contributed by atoms with Gasteiger partial charge >= 0.3 is 17.4 Å². The van der Waals surface area contributed by atoms with E-state index in [1.54, 1.807) is 0 Å². The number of halogens is 2. The SMILES string of the molecule is C[S+](C)CCC(N)C(=O)[O-].C[S+](C)CCC(N)C(=O)[O-].[Al+3].[Br-].[Br-].[OH-]. The first kappa shape index (κ1) is 39.9. The third-order valence-corrected chi connectivity index (χ3v) is 4.38. The van der Waals surface area contributed by atoms with Gasteiger partial charge in [0.1, 0.15) is 11.5 Å². The van der Waals surface area contributed by atoms with Crippen LogP contribution in [0.5, 0.6) is 0 Å². The molecule has 0 saturated carbocycles. The molecule has 0 spiro atoms. The zero-order valence-corrected chi connectivity index (χ0v) is 20.3. The monoisotopic (exact) mass is 528 g/mol. The molecule has 0 aliphatic heterocycles. The summed E-state index contributed by atoms with van der Waals surface area (Å²) in [7, 11) is 0.552. The molecule has 5 N–H and O–H groups in total. The molecule has 24 heavy (non-hydrogen) atoms. The molecule has 0 aromatic heterocycles. The number of nitrogens with two attached hydrogens (primary N) is 2. The Hall–Kier alpha value is 1.01. The Bertz CT molecular complexity index is 279. The van der Waals surface area contributed by atoms with Crippen LogP contribution in [0.4, 0.5) is 0 Å². The molecule has 0 fully saturated rings. The van der Waals surface area contributed by atoms with E-state index < -0.39 is 24.0 Å². The van der Waals surface area contributed by atoms with Gasteiger partial charge in [0.05, 0.1) is 37.0 Å². The molecule has 0 radical (unpaired) electrons. The summed E-state index contributed by atoms with van der Waals surface area (Å²) in [5, 5.41) is 20.2. The van der Waals surface area contributed by atoms with Crippen molar-refractivity contribution >= 4 is 51.1 Å². The first-order valence-corrected chi connectivity index (χ1v) is 10.5. The van der Waals surface area contributed by atoms with E-state index in [1.165, 1.54) is 0 Å². The molecule has 0 aliphatic carbocycles. The third-order valence-electron chi connectivity index (χ3n) is 2.28. The van der Waals surface area contributed by atoms with Crippen molar-refractivity contribution in [1.29, 1.82) is 0 Å². The molecule has 0 rings (SSSR count). The van der Waals surface area contributed by atoms with Gasteiger partial charge in [-0.05, 0) is 21.8 Å². The summed E-state index contributed by atoms with van der Waals surface area (Å²) in [5.74, 6) is -0.555. The van der Waals surface area contributed by atoms with E-state index in [-0.39, 0.29) is 78.6 Å². The fraction of sp³-hybridized carbons (Fsp3) is 0.833. The molecule has 0 aromatic carbocycles. The van der Waals surface area contributed by atoms with E-state index in [1.807, 2.05) is 0 Å². The maximum absolute atomic E-state index is 10.1. The van der Waals surface area contributed by atoms with Crippen molar-refractivity contribution in [2.45, 2.75) is 24.9 Å². The summed E-state index contributed by atoms with van der Waals surface area (Å²) in [5.41, 5.74) is 10.4. The second-order valence-corrected chi connectivity index (χ2v) is 9.57. The number of aliphatic carboxylic acids is 2. The van der Waals surface area contributed by atoms with Crippen LogP contribution in [0.1, 0.15) is 12.8 Å². The molecule has 2 atom stereocenters. The summed E-state index contributed by atoms with van der Waals surface area (Å²) in [6.07, 6.45) is 9.28. The van der Waals surface area contributed by atoms with Crippen molar-refractivity contribution in [3.8, 4) is 0 Å². The van der Waals surface area contributed by atoms with Crippen LogP contribution in [-0.4, -0.2) is 83.4 Å². The first-order chi connectivity index (χ1) is 9.07. The smallest absolute Gasteiger partial charge is 1.00 e. The summed E-state index contributed by atoms with van der Waals surface area (Å²) in [6.45, 7) is 0. The largest absolute Gasteiger partial charge is 3.00 e. The van der Waals surface area contributed by atoms with Crippen LogP contribution in [0.25, 0.3) is 0 Å². The van der Waals surface area contributed by atoms with Crippen molar-refractivity contribution in [3.63, 3.8) is 0 Å². The van der Waals surface area contributed by atoms with Crippen molar-refractivity contribution in [1.82, 2.24) is 0 Å². The Morgan fingerprint density at radius 2 is 1.04 bits per heavy atom. The van der Waals surface area contributed by atoms with Gasteiger partial charge < -0.3 is 70.7 Å². The van der Waals surface area contributed by atoms with Crippen LogP contribution < -0.4 is 55.6 Å². The third kappa shape index (κ3) is 30.8. The minimum absolute atomic E-state index is 0. The standard InChI is InChI=1S/2C6H13NO2S.Al.2BrH.H2O/c2*1-10(2)4-3-5(7)6(8)9;;;;/h2*5H,3-4,7H2,1-2H3;;2*1H;1H2/q;;+3;;;/p-3. The van der Waals surface area contributed by atoms with Crippen LogP contribution in [-0.2, 0) is 31.4 Å². The predicted molar refractivity (Wildman–Crippen MR) is 91.0 cm³/mol. The van der Waals surface area contributed by atoms with Crippen molar-refractivity contribution in [3.05, 3.63) is 0 Å². The second kappa shape index (κ2) is 24.0. The van der Waals surface area contributed by atoms with Gasteiger partial charge in [-0.15, -0.1) is 0 Å². The number of carbonyl (C=O) groups is 2. The van der Waals surface area contributed by atoms with Crippen LogP contribution in [0.3, 0.4) is 0 Å². The minimum Gasteiger partial charge on any atom is -1.00 e. The van der Waals surface area contributed by atoms with Gasteiger partial charge in [0.2, 0.25) is 0 Å². The molecule has 7 nitrogen and oxygen atoms in total. The molecule has 0 bridgehead atoms. The number of carbonyl (C=O) groups excluding carboxylic acids is 2. The Morgan fingerprint density at radius 1 is 0.833 bits per heavy atom. The number of rotatable bonds is 8. The Balaban J connectivity index is -0.0000000579. The minimum atomic E-state index is -1.15. The average Bonchev–Trinajstić information content (AvgIpc) is 2.33. The number of carboxylic acid groups (broad SMARTS) is 2. The Kier molecular flexibility index (Phi) is 39.9. The molecule has 2 unspecified atom stereocenters. The average molecular weight is 530 g/mol. The summed E-state index contributed by atoms with van der Waals surface area (Å²) < 4.78 is 0. The zero-order chi connectivity index (χ0) is 16.3. The zero-order valence-electron chi connectivity index (χ0n) is 14.4. The van der Waals surface area contributed by atoms with E-state index in [0.29, 0.717) is 12.8 Å². The fourth-order valence-electron chi connectivity index (χ4n) is 0.961. The van der Waals surface area contributed by atoms with Crippen LogP contribution >= 0.6 is 0 Å². The molecule has 0 saturated heterocycles. The second-order valence-electron chi connectivity index (χ2n) is 4.81. The van der Waals surface area contributed by atoms with Gasteiger partial charge in [-0.3, -0.25) is 0 Å². The first-order valence-electron chi connectivity index (χ1n) is 6.09. The molecule has 0 aliphatic rings. The van der Waals surface area contributed by atoms with Gasteiger partial charge in [0.25, 0.3) is 0 Å². The topological polar surface area (TPSA) is 162 Å². The van der Waals surface area contributed by atoms with E-state index in [9.17, 15) is 19.8 Å². The number of hydrogen-bond acceptors (Lipinski definition) is 7. The molecular weight excluding hydrogens is 503 g/mol. The van der Waals surface area contributed by atoms with E-state index >= 15 is 0 Å². The van der Waals surface area contributed by atoms with E-state index in [4.69, 9.17) is 11.5 Å². The summed E-state index contributed by atoms with van der Waals surface area (Å²) >= 11 is 0. The normalized spacial score (nSPS) is 11.3. The molecule has 0 aromatic rings. The molecule has 12 heteroatoms. The van der Waals surface area contributed by atoms with Gasteiger partial charge in [0, 0.05) is 24.9 Å². The van der Waals surface area contributed by atoms with Gasteiger partial charge in [-0.25, -0.2) is 0 Å². The van der Waals surface area contributed by atoms with Crippen molar-refractivity contribution in [2.24, 2.45) is 11.5 Å². The maximum Gasteiger partial charge on any atom is 3.00 e. The van der Waals surface area contributed by atoms with Gasteiger partial charge in [0.15, 0.2) is 0 Å². The van der Waals surface area contributed by atoms with Gasteiger partial charge in [-0.2, -0.15) is 0 Å². The Morgan fingerprint density at radius 3 is 1.17 bits per heavy atom. The Labute approximate surface area is 182 Å². The maximum atomic E-state index is 10.1. The fourth-order valence-corrected chi connectivity index (χ4v) is 2.41. The van der Waals surface area contributed by atoms with Gasteiger partial charge in [-0.1, -0.05) is 0 Å². The molecule has 0 amide bonds. The van der Waals surface area contributed by atoms with E-state index in [2.05, 4.69) is 25.0 Å². The van der Waals surface area contributed by atoms with Crippen LogP contribution in [0.2, 0.25) is 0 Å². The summed E-state index contributed by atoms with van der Waals surface area (Å²) in [4.78, 5) is 20.2. The van der Waals surface area contributed by atoms with Crippen molar-refractivity contribution in [2.75, 3.05) is 36.5 Å². The van der Waals surface area contributed by atoms with Crippen LogP contribution in [0.15, 0.2) is 0 Å². The number of hydrogen-bond donors (Lipinski definition) is 2. The number of carboxylic acids is 2. The van der Waals surface area contributed by atoms with Crippen molar-refractivity contribution < 1.29 is 59.2 Å². The predicted octanol–water partition coefficient (Wildman–Crippen LogP) is -9.89. The molecule has 0 heterocycles. The van der Waals surface area contributed by atoms with Crippen LogP contribution in [0, 0.1) is 0 Å². The molecule has 144 valence electrons. The molecular formula is C12H27AlBr2N2O5S2. The quantitative estimate of drug-likeness (QED) is 0.233. The summed E-state index contributed by atoms with van der Waals surface area (Å²) in [6, 6.07) is -1.57. The van der Waals surface area contributed by atoms with E-state index in [0.717, 1.165) is 11.5 Å².